The number of allylic oxidation sites excluding steroid dienone is 8. The molecule has 51 heavy (non-hydrogen) atoms. The number of Topliss-reactive ketones (excluding diaryl/α,β-unsaturated/α-hetero) is 1. The molecule has 2 heterocycles. The van der Waals surface area contributed by atoms with Gasteiger partial charge in [0.2, 0.25) is 11.6 Å². The van der Waals surface area contributed by atoms with Gasteiger partial charge in [-0.3, -0.25) is 4.79 Å². The number of likely N-dealkylation sites (N-methyl/N-ethyl adjacent to an activating group) is 1. The molecule has 5 heteroatoms. The zero-order valence-electron chi connectivity index (χ0n) is 31.1. The molecule has 262 valence electrons. The fraction of sp³-hybridized carbons (Fsp3) is 0.326. The lowest BCUT2D eigenvalue weighted by molar-refractivity contribution is -0.401. The van der Waals surface area contributed by atoms with Gasteiger partial charge >= 0.3 is 0 Å². The van der Waals surface area contributed by atoms with Crippen molar-refractivity contribution in [3.05, 3.63) is 132 Å². The maximum Gasteiger partial charge on any atom is 0.219 e. The van der Waals surface area contributed by atoms with E-state index < -0.39 is 0 Å². The van der Waals surface area contributed by atoms with E-state index in [0.717, 1.165) is 32.1 Å². The number of anilines is 1. The van der Waals surface area contributed by atoms with E-state index in [9.17, 15) is 9.59 Å². The standard InChI is InChI=1S/C46H51N3O2/c1-7-46(32-18-26-42(51)47-4)41(49(6)39-30-28-35-21-14-16-23-37(35)44(39)46)25-12-10-8-9-11-24-40-45(3,31-17-19-33(2)50)43-36-22-15-13-20-34(36)27-29-38(43)48(40)5/h8-16,20-25,27-30H,7,17-19,26,31-32H2,1-6H3/p+1. The molecule has 4 aromatic rings. The van der Waals surface area contributed by atoms with Crippen LogP contribution >= 0.6 is 0 Å². The van der Waals surface area contributed by atoms with Crippen molar-refractivity contribution < 1.29 is 14.2 Å². The molecular formula is C46H52N3O2+. The molecule has 2 aliphatic rings. The Morgan fingerprint density at radius 1 is 0.804 bits per heavy atom. The van der Waals surface area contributed by atoms with Crippen LogP contribution in [0.4, 0.5) is 11.4 Å². The number of fused-ring (bicyclic) bond motifs is 6. The Hall–Kier alpha value is -5.03. The van der Waals surface area contributed by atoms with E-state index >= 15 is 0 Å². The maximum absolute atomic E-state index is 12.2. The lowest BCUT2D eigenvalue weighted by atomic mass is 9.71. The summed E-state index contributed by atoms with van der Waals surface area (Å²) in [7, 11) is 6.04. The van der Waals surface area contributed by atoms with Crippen LogP contribution in [-0.2, 0) is 20.4 Å². The average Bonchev–Trinajstić information content (AvgIpc) is 3.51. The number of amides is 1. The summed E-state index contributed by atoms with van der Waals surface area (Å²) in [6, 6.07) is 26.2. The first-order valence-corrected chi connectivity index (χ1v) is 18.5. The van der Waals surface area contributed by atoms with Gasteiger partial charge in [-0.05, 0) is 91.3 Å². The molecule has 6 rings (SSSR count). The Morgan fingerprint density at radius 3 is 2.12 bits per heavy atom. The van der Waals surface area contributed by atoms with Crippen LogP contribution in [0.3, 0.4) is 0 Å². The molecular weight excluding hydrogens is 627 g/mol. The number of carbonyl (C=O) groups excluding carboxylic acids is 2. The fourth-order valence-corrected chi connectivity index (χ4v) is 8.83. The number of hydrogen-bond acceptors (Lipinski definition) is 3. The van der Waals surface area contributed by atoms with E-state index in [0.29, 0.717) is 12.8 Å². The van der Waals surface area contributed by atoms with Gasteiger partial charge in [-0.2, -0.15) is 4.58 Å². The highest BCUT2D eigenvalue weighted by atomic mass is 16.1. The molecule has 2 atom stereocenters. The summed E-state index contributed by atoms with van der Waals surface area (Å²) < 4.78 is 2.33. The van der Waals surface area contributed by atoms with E-state index in [4.69, 9.17) is 0 Å². The van der Waals surface area contributed by atoms with Crippen molar-refractivity contribution >= 4 is 50.3 Å². The molecule has 0 fully saturated rings. The van der Waals surface area contributed by atoms with Crippen molar-refractivity contribution in [2.75, 3.05) is 26.0 Å². The number of nitrogens with one attached hydrogen (secondary N) is 1. The van der Waals surface area contributed by atoms with Crippen LogP contribution < -0.4 is 10.2 Å². The average molecular weight is 679 g/mol. The smallest absolute Gasteiger partial charge is 0.219 e. The molecule has 4 aromatic carbocycles. The van der Waals surface area contributed by atoms with Crippen LogP contribution in [0.1, 0.15) is 76.8 Å². The van der Waals surface area contributed by atoms with Crippen molar-refractivity contribution in [3.63, 3.8) is 0 Å². The van der Waals surface area contributed by atoms with Crippen molar-refractivity contribution in [2.24, 2.45) is 0 Å². The zero-order valence-corrected chi connectivity index (χ0v) is 31.1. The number of nitrogens with zero attached hydrogens (tertiary/aromatic N) is 2. The third kappa shape index (κ3) is 6.62. The summed E-state index contributed by atoms with van der Waals surface area (Å²) in [4.78, 5) is 26.5. The fourth-order valence-electron chi connectivity index (χ4n) is 8.83. The third-order valence-electron chi connectivity index (χ3n) is 11.4. The van der Waals surface area contributed by atoms with Gasteiger partial charge in [0.1, 0.15) is 12.8 Å². The molecule has 0 spiro atoms. The largest absolute Gasteiger partial charge is 0.359 e. The van der Waals surface area contributed by atoms with E-state index in [1.165, 1.54) is 55.5 Å². The van der Waals surface area contributed by atoms with Crippen molar-refractivity contribution in [3.8, 4) is 0 Å². The molecule has 0 saturated carbocycles. The van der Waals surface area contributed by atoms with Crippen LogP contribution in [0.25, 0.3) is 21.5 Å². The number of rotatable bonds is 13. The summed E-state index contributed by atoms with van der Waals surface area (Å²) in [5.74, 6) is 0.330. The second-order valence-electron chi connectivity index (χ2n) is 14.4. The summed E-state index contributed by atoms with van der Waals surface area (Å²) in [5, 5.41) is 7.86. The number of carbonyl (C=O) groups is 2. The van der Waals surface area contributed by atoms with Crippen molar-refractivity contribution in [1.29, 1.82) is 0 Å². The van der Waals surface area contributed by atoms with Gasteiger partial charge < -0.3 is 15.0 Å². The highest BCUT2D eigenvalue weighted by Crippen LogP contribution is 2.54. The Bertz CT molecular complexity index is 2130. The van der Waals surface area contributed by atoms with Crippen LogP contribution in [0.5, 0.6) is 0 Å². The normalized spacial score (nSPS) is 20.9. The molecule has 0 saturated heterocycles. The predicted molar refractivity (Wildman–Crippen MR) is 214 cm³/mol. The lowest BCUT2D eigenvalue weighted by Gasteiger charge is -2.32. The van der Waals surface area contributed by atoms with Crippen LogP contribution in [0.15, 0.2) is 121 Å². The van der Waals surface area contributed by atoms with Crippen LogP contribution in [0, 0.1) is 0 Å². The highest BCUT2D eigenvalue weighted by Gasteiger charge is 2.47. The van der Waals surface area contributed by atoms with Gasteiger partial charge in [0.05, 0.1) is 5.41 Å². The van der Waals surface area contributed by atoms with Crippen LogP contribution in [-0.4, -0.2) is 43.1 Å². The van der Waals surface area contributed by atoms with Gasteiger partial charge in [0.25, 0.3) is 0 Å². The summed E-state index contributed by atoms with van der Waals surface area (Å²) >= 11 is 0. The molecule has 2 unspecified atom stereocenters. The minimum atomic E-state index is -0.210. The molecule has 0 radical (unpaired) electrons. The Kier molecular flexibility index (Phi) is 10.6. The molecule has 1 amide bonds. The lowest BCUT2D eigenvalue weighted by Crippen LogP contribution is -2.31. The SMILES string of the molecule is CCC1(CCCC(=O)NC)\C(=C/C=C/C=C/C=C/C2=[N+](C)c3ccc4ccccc4c3C2(C)CCCC(C)=O)N(C)c2ccc3ccccc3c21. The second kappa shape index (κ2) is 15.1. The van der Waals surface area contributed by atoms with E-state index in [1.54, 1.807) is 14.0 Å². The van der Waals surface area contributed by atoms with Gasteiger partial charge in [-0.1, -0.05) is 91.9 Å². The van der Waals surface area contributed by atoms with Gasteiger partial charge in [-0.15, -0.1) is 0 Å². The molecule has 0 aliphatic carbocycles. The van der Waals surface area contributed by atoms with E-state index in [-0.39, 0.29) is 22.5 Å². The topological polar surface area (TPSA) is 52.4 Å². The summed E-state index contributed by atoms with van der Waals surface area (Å²) in [6.45, 7) is 6.30. The van der Waals surface area contributed by atoms with Crippen molar-refractivity contribution in [1.82, 2.24) is 5.32 Å². The first-order chi connectivity index (χ1) is 24.7. The number of benzene rings is 4. The zero-order chi connectivity index (χ0) is 36.2. The van der Waals surface area contributed by atoms with Crippen LogP contribution in [0.2, 0.25) is 0 Å². The van der Waals surface area contributed by atoms with E-state index in [1.807, 2.05) is 0 Å². The Balaban J connectivity index is 1.27. The molecule has 0 bridgehead atoms. The highest BCUT2D eigenvalue weighted by molar-refractivity contribution is 6.08. The first kappa shape index (κ1) is 35.8. The minimum Gasteiger partial charge on any atom is -0.359 e. The monoisotopic (exact) mass is 678 g/mol. The second-order valence-corrected chi connectivity index (χ2v) is 14.4. The number of hydrogen-bond donors (Lipinski definition) is 1. The van der Waals surface area contributed by atoms with E-state index in [2.05, 4.69) is 158 Å². The summed E-state index contributed by atoms with van der Waals surface area (Å²) in [6.07, 6.45) is 20.6. The Labute approximate surface area is 303 Å². The first-order valence-electron chi connectivity index (χ1n) is 18.5. The molecule has 2 aliphatic heterocycles. The van der Waals surface area contributed by atoms with Gasteiger partial charge in [-0.25, -0.2) is 0 Å². The Morgan fingerprint density at radius 2 is 1.43 bits per heavy atom. The van der Waals surface area contributed by atoms with Crippen molar-refractivity contribution in [2.45, 2.75) is 76.5 Å². The number of ketones is 1. The van der Waals surface area contributed by atoms with Gasteiger partial charge in [0, 0.05) is 61.4 Å². The van der Waals surface area contributed by atoms with Gasteiger partial charge in [0.15, 0.2) is 5.71 Å². The minimum absolute atomic E-state index is 0.0879. The quantitative estimate of drug-likeness (QED) is 0.113. The third-order valence-corrected chi connectivity index (χ3v) is 11.4. The maximum atomic E-state index is 12.2. The summed E-state index contributed by atoms with van der Waals surface area (Å²) in [5.41, 5.74) is 7.31. The predicted octanol–water partition coefficient (Wildman–Crippen LogP) is 10.0. The molecule has 0 aromatic heterocycles. The molecule has 1 N–H and O–H groups in total. The molecule has 5 nitrogen and oxygen atoms in total.